The lowest BCUT2D eigenvalue weighted by molar-refractivity contribution is -0.118. The van der Waals surface area contributed by atoms with E-state index in [0.717, 1.165) is 43.0 Å². The molecule has 2 atom stereocenters. The summed E-state index contributed by atoms with van der Waals surface area (Å²) in [6.07, 6.45) is 2.65. The van der Waals surface area contributed by atoms with Crippen LogP contribution in [0.5, 0.6) is 11.5 Å². The van der Waals surface area contributed by atoms with Crippen LogP contribution in [0.15, 0.2) is 48.5 Å². The number of carbonyl (C=O) groups is 1. The molecule has 2 aromatic rings. The first kappa shape index (κ1) is 22.3. The number of likely N-dealkylation sites (tertiary alicyclic amines) is 1. The lowest BCUT2D eigenvalue weighted by Crippen LogP contribution is -2.40. The summed E-state index contributed by atoms with van der Waals surface area (Å²) in [5, 5.41) is 0. The fourth-order valence-corrected chi connectivity index (χ4v) is 4.06. The molecule has 2 unspecified atom stereocenters. The highest BCUT2D eigenvalue weighted by atomic mass is 19.1. The first-order chi connectivity index (χ1) is 14.4. The second kappa shape index (κ2) is 10.6. The molecule has 0 spiro atoms. The van der Waals surface area contributed by atoms with Gasteiger partial charge in [-0.15, -0.1) is 0 Å². The Bertz CT molecular complexity index is 821. The van der Waals surface area contributed by atoms with E-state index in [2.05, 4.69) is 4.90 Å². The van der Waals surface area contributed by atoms with Gasteiger partial charge in [-0.3, -0.25) is 9.69 Å². The molecule has 162 valence electrons. The molecule has 5 heteroatoms. The molecule has 1 fully saturated rings. The monoisotopic (exact) mass is 413 g/mol. The molecule has 3 rings (SSSR count). The van der Waals surface area contributed by atoms with Gasteiger partial charge in [0.15, 0.2) is 11.5 Å². The molecule has 1 heterocycles. The van der Waals surface area contributed by atoms with Gasteiger partial charge < -0.3 is 9.47 Å². The second-order valence-corrected chi connectivity index (χ2v) is 8.40. The van der Waals surface area contributed by atoms with Crippen LogP contribution >= 0.6 is 0 Å². The number of hydrogen-bond acceptors (Lipinski definition) is 4. The average molecular weight is 414 g/mol. The molecule has 30 heavy (non-hydrogen) atoms. The van der Waals surface area contributed by atoms with Crippen molar-refractivity contribution in [2.45, 2.75) is 52.2 Å². The van der Waals surface area contributed by atoms with Gasteiger partial charge in [-0.25, -0.2) is 4.39 Å². The normalized spacial score (nSPS) is 18.2. The number of piperidine rings is 1. The highest BCUT2D eigenvalue weighted by Gasteiger charge is 2.28. The number of hydrogen-bond donors (Lipinski definition) is 0. The maximum Gasteiger partial charge on any atom is 0.161 e. The lowest BCUT2D eigenvalue weighted by atomic mass is 9.93. The van der Waals surface area contributed by atoms with E-state index in [0.29, 0.717) is 18.9 Å². The van der Waals surface area contributed by atoms with E-state index in [9.17, 15) is 9.18 Å². The van der Waals surface area contributed by atoms with Crippen LogP contribution in [0.3, 0.4) is 0 Å². The predicted octanol–water partition coefficient (Wildman–Crippen LogP) is 5.42. The molecule has 1 aliphatic rings. The first-order valence-electron chi connectivity index (χ1n) is 10.8. The van der Waals surface area contributed by atoms with Crippen molar-refractivity contribution in [1.82, 2.24) is 4.90 Å². The van der Waals surface area contributed by atoms with E-state index in [4.69, 9.17) is 9.47 Å². The maximum atomic E-state index is 13.4. The van der Waals surface area contributed by atoms with Crippen molar-refractivity contribution in [1.29, 1.82) is 0 Å². The first-order valence-corrected chi connectivity index (χ1v) is 10.8. The molecule has 4 nitrogen and oxygen atoms in total. The van der Waals surface area contributed by atoms with Crippen LogP contribution in [0.1, 0.15) is 51.6 Å². The van der Waals surface area contributed by atoms with E-state index in [-0.39, 0.29) is 23.7 Å². The van der Waals surface area contributed by atoms with Gasteiger partial charge in [0.05, 0.1) is 12.7 Å². The van der Waals surface area contributed by atoms with Crippen LogP contribution < -0.4 is 9.47 Å². The molecule has 0 N–H and O–H groups in total. The van der Waals surface area contributed by atoms with Gasteiger partial charge in [-0.2, -0.15) is 0 Å². The zero-order valence-corrected chi connectivity index (χ0v) is 18.1. The Kier molecular flexibility index (Phi) is 7.86. The molecule has 0 radical (unpaired) electrons. The Labute approximate surface area is 179 Å². The van der Waals surface area contributed by atoms with Crippen molar-refractivity contribution < 1.29 is 18.7 Å². The molecule has 0 amide bonds. The Morgan fingerprint density at radius 1 is 1.13 bits per heavy atom. The Hall–Kier alpha value is -2.40. The molecule has 0 saturated carbocycles. The summed E-state index contributed by atoms with van der Waals surface area (Å²) in [6.45, 7) is 8.00. The molecular weight excluding hydrogens is 381 g/mol. The number of carbonyl (C=O) groups excluding carboxylic acids is 1. The van der Waals surface area contributed by atoms with Crippen LogP contribution in [0.4, 0.5) is 4.39 Å². The van der Waals surface area contributed by atoms with Crippen LogP contribution in [0, 0.1) is 11.7 Å². The fourth-order valence-electron chi connectivity index (χ4n) is 4.06. The molecule has 1 saturated heterocycles. The van der Waals surface area contributed by atoms with E-state index < -0.39 is 0 Å². The van der Waals surface area contributed by atoms with Crippen LogP contribution in [-0.4, -0.2) is 36.5 Å². The number of nitrogens with zero attached hydrogens (tertiary/aromatic N) is 1. The average Bonchev–Trinajstić information content (AvgIpc) is 2.72. The summed E-state index contributed by atoms with van der Waals surface area (Å²) in [6, 6.07) is 14.3. The summed E-state index contributed by atoms with van der Waals surface area (Å²) in [5.74, 6) is 1.78. The smallest absolute Gasteiger partial charge is 0.161 e. The summed E-state index contributed by atoms with van der Waals surface area (Å²) >= 11 is 0. The molecule has 0 bridgehead atoms. The Morgan fingerprint density at radius 3 is 2.50 bits per heavy atom. The van der Waals surface area contributed by atoms with Gasteiger partial charge in [0.1, 0.15) is 11.6 Å². The predicted molar refractivity (Wildman–Crippen MR) is 116 cm³/mol. The number of Topliss-reactive ketones (excluding diaryl/α,β-unsaturated/α-hetero) is 1. The third-order valence-electron chi connectivity index (χ3n) is 5.41. The minimum Gasteiger partial charge on any atom is -0.489 e. The topological polar surface area (TPSA) is 38.8 Å². The Morgan fingerprint density at radius 2 is 1.83 bits per heavy atom. The Balaban J connectivity index is 1.66. The summed E-state index contributed by atoms with van der Waals surface area (Å²) in [7, 11) is 0. The zero-order valence-electron chi connectivity index (χ0n) is 18.1. The highest BCUT2D eigenvalue weighted by molar-refractivity contribution is 5.76. The fraction of sp³-hybridized carbons (Fsp3) is 0.480. The van der Waals surface area contributed by atoms with Crippen LogP contribution in [0.25, 0.3) is 0 Å². The van der Waals surface area contributed by atoms with E-state index in [1.54, 1.807) is 19.1 Å². The largest absolute Gasteiger partial charge is 0.489 e. The number of benzene rings is 2. The van der Waals surface area contributed by atoms with Gasteiger partial charge in [0.2, 0.25) is 0 Å². The number of halogens is 1. The number of rotatable bonds is 9. The minimum absolute atomic E-state index is 0.0255. The maximum absolute atomic E-state index is 13.4. The standard InChI is InChI=1S/C25H32FNO3/c1-18(2)30-25-9-5-4-8-24(25)29-17-20-7-6-14-27(16-20)23(15-19(3)28)21-10-12-22(26)13-11-21/h4-5,8-13,18,20,23H,6-7,14-17H2,1-3H3. The zero-order chi connectivity index (χ0) is 21.5. The molecule has 1 aliphatic heterocycles. The van der Waals surface area contributed by atoms with Gasteiger partial charge in [-0.1, -0.05) is 24.3 Å². The van der Waals surface area contributed by atoms with Crippen molar-refractivity contribution in [2.24, 2.45) is 5.92 Å². The summed E-state index contributed by atoms with van der Waals surface area (Å²) in [4.78, 5) is 14.3. The third kappa shape index (κ3) is 6.30. The quantitative estimate of drug-likeness (QED) is 0.550. The van der Waals surface area contributed by atoms with Crippen LogP contribution in [-0.2, 0) is 4.79 Å². The van der Waals surface area contributed by atoms with Crippen molar-refractivity contribution >= 4 is 5.78 Å². The lowest BCUT2D eigenvalue weighted by Gasteiger charge is -2.38. The molecule has 0 aliphatic carbocycles. The highest BCUT2D eigenvalue weighted by Crippen LogP contribution is 2.32. The van der Waals surface area contributed by atoms with Gasteiger partial charge >= 0.3 is 0 Å². The summed E-state index contributed by atoms with van der Waals surface area (Å²) < 4.78 is 25.4. The SMILES string of the molecule is CC(=O)CC(c1ccc(F)cc1)N1CCCC(COc2ccccc2OC(C)C)C1. The van der Waals surface area contributed by atoms with Crippen molar-refractivity contribution in [2.75, 3.05) is 19.7 Å². The van der Waals surface area contributed by atoms with E-state index in [1.807, 2.05) is 38.1 Å². The number of ether oxygens (including phenoxy) is 2. The van der Waals surface area contributed by atoms with E-state index in [1.165, 1.54) is 12.1 Å². The molecular formula is C25H32FNO3. The van der Waals surface area contributed by atoms with Gasteiger partial charge in [0, 0.05) is 24.9 Å². The number of para-hydroxylation sites is 2. The van der Waals surface area contributed by atoms with Crippen molar-refractivity contribution in [3.63, 3.8) is 0 Å². The third-order valence-corrected chi connectivity index (χ3v) is 5.41. The minimum atomic E-state index is -0.257. The molecule has 2 aromatic carbocycles. The van der Waals surface area contributed by atoms with Crippen LogP contribution in [0.2, 0.25) is 0 Å². The van der Waals surface area contributed by atoms with Crippen molar-refractivity contribution in [3.05, 3.63) is 59.9 Å². The number of ketones is 1. The summed E-state index contributed by atoms with van der Waals surface area (Å²) in [5.41, 5.74) is 0.990. The second-order valence-electron chi connectivity index (χ2n) is 8.40. The van der Waals surface area contributed by atoms with Crippen molar-refractivity contribution in [3.8, 4) is 11.5 Å². The van der Waals surface area contributed by atoms with Gasteiger partial charge in [-0.05, 0) is 70.0 Å². The van der Waals surface area contributed by atoms with E-state index >= 15 is 0 Å². The molecule has 0 aromatic heterocycles. The van der Waals surface area contributed by atoms with Gasteiger partial charge in [0.25, 0.3) is 0 Å².